The van der Waals surface area contributed by atoms with Crippen LogP contribution < -0.4 is 9.50 Å². The quantitative estimate of drug-likeness (QED) is 0.307. The summed E-state index contributed by atoms with van der Waals surface area (Å²) in [4.78, 5) is 15.6. The third-order valence-electron chi connectivity index (χ3n) is 4.53. The van der Waals surface area contributed by atoms with E-state index in [9.17, 15) is 18.5 Å². The average Bonchev–Trinajstić information content (AvgIpc) is 3.22. The Morgan fingerprint density at radius 1 is 1.06 bits per heavy atom. The van der Waals surface area contributed by atoms with E-state index in [1.807, 2.05) is 24.3 Å². The molecule has 0 atom stereocenters. The van der Waals surface area contributed by atoms with Crippen LogP contribution in [0.25, 0.3) is 21.9 Å². The molecule has 0 radical (unpaired) electrons. The summed E-state index contributed by atoms with van der Waals surface area (Å²) in [6, 6.07) is 21.9. The fourth-order valence-electron chi connectivity index (χ4n) is 3.03. The van der Waals surface area contributed by atoms with Crippen LogP contribution in [0.1, 0.15) is 17.5 Å². The predicted molar refractivity (Wildman–Crippen MR) is 128 cm³/mol. The first-order valence-corrected chi connectivity index (χ1v) is 12.0. The van der Waals surface area contributed by atoms with Crippen molar-refractivity contribution in [3.63, 3.8) is 0 Å². The number of nitriles is 1. The summed E-state index contributed by atoms with van der Waals surface area (Å²) >= 11 is 1.38. The van der Waals surface area contributed by atoms with Crippen molar-refractivity contribution in [2.24, 2.45) is 0 Å². The van der Waals surface area contributed by atoms with Gasteiger partial charge in [0.2, 0.25) is 5.91 Å². The highest BCUT2D eigenvalue weighted by Crippen LogP contribution is 2.31. The molecule has 3 aromatic carbocycles. The van der Waals surface area contributed by atoms with Crippen molar-refractivity contribution < 1.29 is 17.4 Å². The minimum absolute atomic E-state index is 0.0675. The second kappa shape index (κ2) is 9.24. The van der Waals surface area contributed by atoms with Gasteiger partial charge in [0.1, 0.15) is 21.7 Å². The number of benzene rings is 3. The Kier molecular flexibility index (Phi) is 6.22. The number of carbonyl (C=O) groups excluding carboxylic acids is 1. The zero-order valence-corrected chi connectivity index (χ0v) is 19.0. The molecule has 9 heteroatoms. The van der Waals surface area contributed by atoms with Gasteiger partial charge in [-0.05, 0) is 48.5 Å². The Balaban J connectivity index is 1.65. The molecule has 4 rings (SSSR count). The van der Waals surface area contributed by atoms with Gasteiger partial charge in [0.05, 0.1) is 15.8 Å². The lowest BCUT2D eigenvalue weighted by Gasteiger charge is -2.10. The Hall–Kier alpha value is -4.00. The smallest absolute Gasteiger partial charge is 0.339 e. The fraction of sp³-hybridized carbons (Fsp3) is 0.0417. The molecule has 4 aromatic rings. The number of para-hydroxylation sites is 2. The summed E-state index contributed by atoms with van der Waals surface area (Å²) in [7, 11) is -4.15. The van der Waals surface area contributed by atoms with Crippen molar-refractivity contribution in [1.29, 1.82) is 5.26 Å². The van der Waals surface area contributed by atoms with Gasteiger partial charge >= 0.3 is 10.1 Å². The molecule has 1 heterocycles. The van der Waals surface area contributed by atoms with Crippen molar-refractivity contribution in [2.75, 3.05) is 5.32 Å². The molecule has 7 nitrogen and oxygen atoms in total. The molecule has 0 aliphatic carbocycles. The minimum Gasteiger partial charge on any atom is -0.378 e. The van der Waals surface area contributed by atoms with Crippen LogP contribution in [0.4, 0.5) is 5.69 Å². The van der Waals surface area contributed by atoms with Crippen LogP contribution in [0.3, 0.4) is 0 Å². The van der Waals surface area contributed by atoms with Gasteiger partial charge < -0.3 is 9.50 Å². The molecule has 0 aliphatic rings. The minimum atomic E-state index is -4.15. The molecule has 0 aliphatic heterocycles. The topological polar surface area (TPSA) is 109 Å². The SMILES string of the molecule is CC(=O)Nc1ccc(S(=O)(=O)Oc2ccccc2/C=C(\C#N)c2nc3ccccc3s2)cc1. The van der Waals surface area contributed by atoms with Crippen LogP contribution in [-0.4, -0.2) is 19.3 Å². The Morgan fingerprint density at radius 3 is 2.45 bits per heavy atom. The molecular formula is C24H17N3O4S2. The van der Waals surface area contributed by atoms with Crippen molar-refractivity contribution in [2.45, 2.75) is 11.8 Å². The van der Waals surface area contributed by atoms with E-state index in [4.69, 9.17) is 4.18 Å². The molecule has 0 saturated carbocycles. The fourth-order valence-corrected chi connectivity index (χ4v) is 4.92. The van der Waals surface area contributed by atoms with Crippen LogP contribution in [-0.2, 0) is 14.9 Å². The molecule has 1 aromatic heterocycles. The summed E-state index contributed by atoms with van der Waals surface area (Å²) in [5, 5.41) is 12.8. The number of hydrogen-bond donors (Lipinski definition) is 1. The first kappa shape index (κ1) is 22.2. The van der Waals surface area contributed by atoms with Crippen LogP contribution >= 0.6 is 11.3 Å². The summed E-state index contributed by atoms with van der Waals surface area (Å²) in [5.74, 6) is -0.179. The van der Waals surface area contributed by atoms with E-state index >= 15 is 0 Å². The second-order valence-electron chi connectivity index (χ2n) is 6.94. The van der Waals surface area contributed by atoms with Crippen LogP contribution in [0.5, 0.6) is 5.75 Å². The second-order valence-corrected chi connectivity index (χ2v) is 9.51. The molecule has 0 saturated heterocycles. The normalized spacial score (nSPS) is 11.7. The highest BCUT2D eigenvalue weighted by molar-refractivity contribution is 7.87. The van der Waals surface area contributed by atoms with Crippen LogP contribution in [0.15, 0.2) is 77.7 Å². The number of nitrogens with one attached hydrogen (secondary N) is 1. The van der Waals surface area contributed by atoms with Gasteiger partial charge in [-0.25, -0.2) is 4.98 Å². The number of amides is 1. The van der Waals surface area contributed by atoms with E-state index in [1.165, 1.54) is 48.6 Å². The standard InChI is InChI=1S/C24H17N3O4S2/c1-16(28)26-19-10-12-20(13-11-19)33(29,30)31-22-8-4-2-6-17(22)14-18(15-25)24-27-21-7-3-5-9-23(21)32-24/h2-14H,1H3,(H,26,28)/b18-14+. The Morgan fingerprint density at radius 2 is 1.76 bits per heavy atom. The molecule has 1 N–H and O–H groups in total. The maximum atomic E-state index is 12.8. The Bertz CT molecular complexity index is 1480. The third kappa shape index (κ3) is 5.09. The number of anilines is 1. The van der Waals surface area contributed by atoms with Crippen LogP contribution in [0, 0.1) is 11.3 Å². The maximum absolute atomic E-state index is 12.8. The third-order valence-corrected chi connectivity index (χ3v) is 6.84. The highest BCUT2D eigenvalue weighted by Gasteiger charge is 2.19. The van der Waals surface area contributed by atoms with Gasteiger partial charge in [0.15, 0.2) is 0 Å². The zero-order chi connectivity index (χ0) is 23.4. The van der Waals surface area contributed by atoms with Crippen LogP contribution in [0.2, 0.25) is 0 Å². The highest BCUT2D eigenvalue weighted by atomic mass is 32.2. The number of hydrogen-bond acceptors (Lipinski definition) is 7. The van der Waals surface area contributed by atoms with Gasteiger partial charge in [-0.1, -0.05) is 30.3 Å². The van der Waals surface area contributed by atoms with Gasteiger partial charge in [0.25, 0.3) is 0 Å². The molecule has 0 spiro atoms. The lowest BCUT2D eigenvalue weighted by atomic mass is 10.1. The van der Waals surface area contributed by atoms with E-state index in [0.717, 1.165) is 10.2 Å². The molecule has 164 valence electrons. The zero-order valence-electron chi connectivity index (χ0n) is 17.3. The van der Waals surface area contributed by atoms with Crippen molar-refractivity contribution >= 4 is 54.9 Å². The first-order chi connectivity index (χ1) is 15.9. The van der Waals surface area contributed by atoms with E-state index in [0.29, 0.717) is 21.8 Å². The number of fused-ring (bicyclic) bond motifs is 1. The van der Waals surface area contributed by atoms with Crippen molar-refractivity contribution in [3.05, 3.63) is 83.4 Å². The number of carbonyl (C=O) groups is 1. The van der Waals surface area contributed by atoms with Gasteiger partial charge in [0, 0.05) is 18.2 Å². The monoisotopic (exact) mass is 475 g/mol. The lowest BCUT2D eigenvalue weighted by Crippen LogP contribution is -2.11. The number of rotatable bonds is 6. The van der Waals surface area contributed by atoms with Crippen molar-refractivity contribution in [3.8, 4) is 11.8 Å². The lowest BCUT2D eigenvalue weighted by molar-refractivity contribution is -0.114. The first-order valence-electron chi connectivity index (χ1n) is 9.74. The summed E-state index contributed by atoms with van der Waals surface area (Å²) < 4.78 is 32.0. The van der Waals surface area contributed by atoms with E-state index in [1.54, 1.807) is 24.3 Å². The maximum Gasteiger partial charge on any atom is 0.339 e. The van der Waals surface area contributed by atoms with Crippen molar-refractivity contribution in [1.82, 2.24) is 4.98 Å². The van der Waals surface area contributed by atoms with E-state index < -0.39 is 10.1 Å². The molecule has 0 fully saturated rings. The molecule has 1 amide bonds. The average molecular weight is 476 g/mol. The number of nitrogens with zero attached hydrogens (tertiary/aromatic N) is 2. The predicted octanol–water partition coefficient (Wildman–Crippen LogP) is 5.09. The molecule has 0 unspecified atom stereocenters. The molecular weight excluding hydrogens is 458 g/mol. The summed E-state index contributed by atoms with van der Waals surface area (Å²) in [6.07, 6.45) is 1.56. The van der Waals surface area contributed by atoms with Gasteiger partial charge in [-0.3, -0.25) is 4.79 Å². The molecule has 0 bridgehead atoms. The van der Waals surface area contributed by atoms with E-state index in [-0.39, 0.29) is 16.6 Å². The summed E-state index contributed by atoms with van der Waals surface area (Å²) in [5.41, 5.74) is 1.98. The van der Waals surface area contributed by atoms with Gasteiger partial charge in [-0.15, -0.1) is 11.3 Å². The molecule has 33 heavy (non-hydrogen) atoms. The number of aromatic nitrogens is 1. The van der Waals surface area contributed by atoms with E-state index in [2.05, 4.69) is 16.4 Å². The summed E-state index contributed by atoms with van der Waals surface area (Å²) in [6.45, 7) is 1.36. The Labute approximate surface area is 194 Å². The number of allylic oxidation sites excluding steroid dienone is 1. The number of thiazole rings is 1. The van der Waals surface area contributed by atoms with Gasteiger partial charge in [-0.2, -0.15) is 13.7 Å². The largest absolute Gasteiger partial charge is 0.378 e.